The Balaban J connectivity index is 1.36. The van der Waals surface area contributed by atoms with E-state index < -0.39 is 108 Å². The molecule has 0 aromatic heterocycles. The van der Waals surface area contributed by atoms with Crippen LogP contribution in [0.3, 0.4) is 0 Å². The van der Waals surface area contributed by atoms with E-state index in [0.29, 0.717) is 76.1 Å². The number of aliphatic hydroxyl groups is 2. The highest BCUT2D eigenvalue weighted by Gasteiger charge is 2.36. The molecular weight excluding hydrogens is 1150 g/mol. The molecule has 0 saturated heterocycles. The lowest BCUT2D eigenvalue weighted by Crippen LogP contribution is -2.38. The number of allylic oxidation sites excluding steroid dienone is 8. The third-order valence-electron chi connectivity index (χ3n) is 16.0. The van der Waals surface area contributed by atoms with Gasteiger partial charge in [-0.2, -0.15) is 0 Å². The van der Waals surface area contributed by atoms with Gasteiger partial charge in [0.05, 0.1) is 47.2 Å². The van der Waals surface area contributed by atoms with Crippen LogP contribution in [0.1, 0.15) is 100 Å². The monoisotopic (exact) mass is 1240 g/mol. The van der Waals surface area contributed by atoms with Crippen molar-refractivity contribution in [2.75, 3.05) is 67.7 Å². The van der Waals surface area contributed by atoms with Gasteiger partial charge in [0.2, 0.25) is 23.1 Å². The van der Waals surface area contributed by atoms with E-state index in [0.717, 1.165) is 18.6 Å². The number of hydrogen-bond acceptors (Lipinski definition) is 20. The van der Waals surface area contributed by atoms with E-state index >= 15 is 0 Å². The molecule has 2 aliphatic heterocycles. The quantitative estimate of drug-likeness (QED) is 0.0466. The molecule has 0 saturated carbocycles. The van der Waals surface area contributed by atoms with Crippen LogP contribution in [0.4, 0.5) is 9.59 Å². The maximum Gasteiger partial charge on any atom is 0.405 e. The molecule has 0 radical (unpaired) electrons. The first-order chi connectivity index (χ1) is 42.3. The van der Waals surface area contributed by atoms with Gasteiger partial charge in [0.15, 0.2) is 12.2 Å². The molecule has 2 heterocycles. The molecule has 4 aliphatic rings. The molecule has 12 atom stereocenters. The molecule has 24 heteroatoms. The van der Waals surface area contributed by atoms with E-state index in [4.69, 9.17) is 39.9 Å². The number of carbonyl (C=O) groups is 8. The van der Waals surface area contributed by atoms with Crippen LogP contribution >= 0.6 is 0 Å². The highest BCUT2D eigenvalue weighted by molar-refractivity contribution is 6.24. The fraction of sp³-hybridized carbons (Fsp3) is 0.569. The summed E-state index contributed by atoms with van der Waals surface area (Å²) >= 11 is 0. The number of rotatable bonds is 20. The molecule has 4 bridgehead atoms. The molecule has 492 valence electrons. The van der Waals surface area contributed by atoms with Crippen LogP contribution in [0, 0.1) is 23.7 Å². The lowest BCUT2D eigenvalue weighted by Gasteiger charge is -2.30. The lowest BCUT2D eigenvalue weighted by molar-refractivity contribution is -0.120. The van der Waals surface area contributed by atoms with Crippen LogP contribution in [0.5, 0.6) is 0 Å². The Labute approximate surface area is 523 Å². The highest BCUT2D eigenvalue weighted by atomic mass is 16.6. The topological polar surface area (TPSA) is 357 Å². The SMILES string of the molecule is COC1/C=C\C=C(/C)C(=O)NC2=CC(=O)C(NCCCNCCCNCCCNC3=C4CC(C)CC(OC)C(O)C(C)/C=C(\C)C(OC(N)=O)C(OC)/C=C\C=C(/C)C(=O)NC(=CC3=O)C4=O)=C(CC(C)CC(OC)C(O)C(C)/C=C(\C)C1OC(N)=O)C2=O. The maximum atomic E-state index is 14.2. The Morgan fingerprint density at radius 3 is 1.22 bits per heavy atom. The fourth-order valence-corrected chi connectivity index (χ4v) is 11.0. The molecule has 2 aliphatic carbocycles. The second kappa shape index (κ2) is 37.1. The number of Topliss-reactive ketones (excluding diaryl/α,β-unsaturated/α-hetero) is 2. The second-order valence-electron chi connectivity index (χ2n) is 23.3. The van der Waals surface area contributed by atoms with Crippen molar-refractivity contribution in [3.05, 3.63) is 117 Å². The summed E-state index contributed by atoms with van der Waals surface area (Å²) < 4.78 is 33.7. The number of ether oxygens (including phenoxy) is 6. The van der Waals surface area contributed by atoms with Crippen LogP contribution in [0.15, 0.2) is 117 Å². The molecule has 24 nitrogen and oxygen atoms in total. The summed E-state index contributed by atoms with van der Waals surface area (Å²) in [5, 5.41) is 41.5. The standard InChI is InChI=1S/C65H96N8O16/c1-36-28-44-54(48(74)34-46(58(44)78)72-62(80)38(3)18-13-20-50(84-9)60(88-64(66)82)42(7)32-40(5)56(76)52(30-36)86-11)70-26-16-24-68-22-15-23-69-25-17-27-71-55-45-29-37(2)31-53(87-12)57(77)41(6)33-43(8)61(89-65(67)83)51(85-10)21-14-19-39(4)63(81)73-47(59(45)79)35-49(55)75/h13-14,18-21,32-37,40-41,50-53,56-57,60-61,68-71,76-77H,15-17,22-31H2,1-12H3,(H2,66,82)(H2,67,83)(H,72,80)(H,73,81)/b20-13-,21-14-,38-18+,39-19+,42-32+,43-33+. The van der Waals surface area contributed by atoms with Gasteiger partial charge in [0.1, 0.15) is 12.2 Å². The van der Waals surface area contributed by atoms with Crippen LogP contribution in [-0.4, -0.2) is 174 Å². The van der Waals surface area contributed by atoms with E-state index in [-0.39, 0.29) is 69.8 Å². The van der Waals surface area contributed by atoms with Crippen molar-refractivity contribution in [3.63, 3.8) is 0 Å². The van der Waals surface area contributed by atoms with Crippen molar-refractivity contribution in [3.8, 4) is 0 Å². The van der Waals surface area contributed by atoms with Gasteiger partial charge in [0.25, 0.3) is 11.8 Å². The second-order valence-corrected chi connectivity index (χ2v) is 23.3. The number of hydrogen-bond donors (Lipinski definition) is 10. The van der Waals surface area contributed by atoms with Crippen LogP contribution in [0.25, 0.3) is 0 Å². The molecule has 89 heavy (non-hydrogen) atoms. The largest absolute Gasteiger partial charge is 0.439 e. The van der Waals surface area contributed by atoms with Crippen molar-refractivity contribution < 1.29 is 77.0 Å². The maximum absolute atomic E-state index is 14.2. The predicted molar refractivity (Wildman–Crippen MR) is 335 cm³/mol. The number of primary amides is 2. The summed E-state index contributed by atoms with van der Waals surface area (Å²) in [5.41, 5.74) is 12.7. The first-order valence-electron chi connectivity index (χ1n) is 30.3. The summed E-state index contributed by atoms with van der Waals surface area (Å²) in [5.74, 6) is -4.78. The van der Waals surface area contributed by atoms with Crippen LogP contribution in [-0.2, 0) is 57.2 Å². The molecule has 0 aromatic carbocycles. The van der Waals surface area contributed by atoms with E-state index in [9.17, 15) is 48.6 Å². The van der Waals surface area contributed by atoms with Crippen molar-refractivity contribution >= 4 is 47.1 Å². The molecule has 0 spiro atoms. The Morgan fingerprint density at radius 1 is 0.551 bits per heavy atom. The third kappa shape index (κ3) is 22.7. The summed E-state index contributed by atoms with van der Waals surface area (Å²) in [6.45, 7) is 17.1. The van der Waals surface area contributed by atoms with Gasteiger partial charge < -0.3 is 82.0 Å². The van der Waals surface area contributed by atoms with E-state index in [1.165, 1.54) is 54.4 Å². The Bertz CT molecular complexity index is 2680. The van der Waals surface area contributed by atoms with Gasteiger partial charge in [-0.3, -0.25) is 28.8 Å². The summed E-state index contributed by atoms with van der Waals surface area (Å²) in [7, 11) is 5.80. The number of amides is 4. The number of ketones is 4. The van der Waals surface area contributed by atoms with Gasteiger partial charge in [-0.25, -0.2) is 9.59 Å². The lowest BCUT2D eigenvalue weighted by atomic mass is 9.85. The highest BCUT2D eigenvalue weighted by Crippen LogP contribution is 2.31. The third-order valence-corrected chi connectivity index (χ3v) is 16.0. The van der Waals surface area contributed by atoms with Gasteiger partial charge in [-0.15, -0.1) is 0 Å². The fourth-order valence-electron chi connectivity index (χ4n) is 11.0. The zero-order valence-corrected chi connectivity index (χ0v) is 53.7. The number of methoxy groups -OCH3 is 4. The minimum atomic E-state index is -1.03. The number of aliphatic hydroxyl groups excluding tert-OH is 2. The number of carbonyl (C=O) groups excluding carboxylic acids is 8. The van der Waals surface area contributed by atoms with Gasteiger partial charge in [-0.05, 0) is 122 Å². The molecule has 0 fully saturated rings. The molecule has 12 unspecified atom stereocenters. The summed E-state index contributed by atoms with van der Waals surface area (Å²) in [6.07, 6.45) is 8.68. The minimum absolute atomic E-state index is 0.129. The molecule has 12 N–H and O–H groups in total. The predicted octanol–water partition coefficient (Wildman–Crippen LogP) is 4.07. The van der Waals surface area contributed by atoms with Gasteiger partial charge in [0, 0.05) is 87.8 Å². The molecule has 0 aromatic rings. The molecule has 4 rings (SSSR count). The number of fused-ring (bicyclic) bond motifs is 4. The van der Waals surface area contributed by atoms with E-state index in [1.54, 1.807) is 64.2 Å². The molecule has 4 amide bonds. The smallest absolute Gasteiger partial charge is 0.405 e. The van der Waals surface area contributed by atoms with Crippen molar-refractivity contribution in [2.24, 2.45) is 35.1 Å². The van der Waals surface area contributed by atoms with Gasteiger partial charge in [-0.1, -0.05) is 76.3 Å². The first kappa shape index (κ1) is 74.3. The van der Waals surface area contributed by atoms with Gasteiger partial charge >= 0.3 is 12.2 Å². The Hall–Kier alpha value is -7.16. The van der Waals surface area contributed by atoms with E-state index in [1.807, 2.05) is 13.8 Å². The Kier molecular flexibility index (Phi) is 31.0. The Morgan fingerprint density at radius 2 is 0.899 bits per heavy atom. The summed E-state index contributed by atoms with van der Waals surface area (Å²) in [6, 6.07) is 0. The van der Waals surface area contributed by atoms with Crippen molar-refractivity contribution in [1.82, 2.24) is 31.9 Å². The van der Waals surface area contributed by atoms with Crippen molar-refractivity contribution in [2.45, 2.75) is 149 Å². The summed E-state index contributed by atoms with van der Waals surface area (Å²) in [4.78, 5) is 107. The zero-order chi connectivity index (χ0) is 66.1. The minimum Gasteiger partial charge on any atom is -0.439 e. The zero-order valence-electron chi connectivity index (χ0n) is 53.7. The van der Waals surface area contributed by atoms with Crippen molar-refractivity contribution in [1.29, 1.82) is 0 Å². The molecular formula is C65H96N8O16. The van der Waals surface area contributed by atoms with Crippen LogP contribution < -0.4 is 43.4 Å². The number of nitrogens with one attached hydrogen (secondary N) is 6. The normalized spacial score (nSPS) is 30.8. The number of nitrogens with two attached hydrogens (primary N) is 2. The van der Waals surface area contributed by atoms with Crippen LogP contribution in [0.2, 0.25) is 0 Å². The first-order valence-corrected chi connectivity index (χ1v) is 30.3. The van der Waals surface area contributed by atoms with E-state index in [2.05, 4.69) is 31.9 Å². The average molecular weight is 1250 g/mol. The average Bonchev–Trinajstić information content (AvgIpc) is 3.11.